The summed E-state index contributed by atoms with van der Waals surface area (Å²) in [6.45, 7) is 0.943. The summed E-state index contributed by atoms with van der Waals surface area (Å²) in [5.74, 6) is 4.87. The van der Waals surface area contributed by atoms with E-state index in [1.165, 1.54) is 18.2 Å². The van der Waals surface area contributed by atoms with Gasteiger partial charge >= 0.3 is 0 Å². The van der Waals surface area contributed by atoms with Gasteiger partial charge < -0.3 is 9.30 Å². The van der Waals surface area contributed by atoms with Crippen molar-refractivity contribution < 1.29 is 50.6 Å². The normalized spacial score (nSPS) is 9.88. The first-order valence-corrected chi connectivity index (χ1v) is 6.75. The topological polar surface area (TPSA) is 31.2 Å². The quantitative estimate of drug-likeness (QED) is 0.562. The van der Waals surface area contributed by atoms with E-state index in [1.807, 2.05) is 0 Å². The Bertz CT molecular complexity index is 809. The van der Waals surface area contributed by atoms with Gasteiger partial charge in [0, 0.05) is 38.8 Å². The average molecular weight is 409 g/mol. The Morgan fingerprint density at radius 2 is 2.08 bits per heavy atom. The Kier molecular flexibility index (Phi) is 8.23. The molecule has 0 fully saturated rings. The fraction of sp³-hybridized carbons (Fsp3) is 0.235. The summed E-state index contributed by atoms with van der Waals surface area (Å²) < 4.78 is 45.5. The molecule has 123 valence electrons. The van der Waals surface area contributed by atoms with Crippen LogP contribution < -0.4 is 10.3 Å². The fourth-order valence-corrected chi connectivity index (χ4v) is 1.98. The van der Waals surface area contributed by atoms with Crippen LogP contribution in [0.5, 0.6) is 5.75 Å². The van der Waals surface area contributed by atoms with Crippen molar-refractivity contribution in [3.8, 4) is 28.8 Å². The molecule has 0 unspecified atom stereocenters. The maximum atomic E-state index is 14.3. The van der Waals surface area contributed by atoms with E-state index in [4.69, 9.17) is 4.74 Å². The molecule has 0 aliphatic rings. The number of nitrogens with zero attached hydrogens (tertiary/aromatic N) is 1. The van der Waals surface area contributed by atoms with E-state index in [0.29, 0.717) is 0 Å². The van der Waals surface area contributed by atoms with Crippen LogP contribution in [0.4, 0.5) is 13.2 Å². The van der Waals surface area contributed by atoms with Crippen molar-refractivity contribution in [3.05, 3.63) is 52.6 Å². The molecule has 0 saturated carbocycles. The molecule has 0 bridgehead atoms. The van der Waals surface area contributed by atoms with Crippen molar-refractivity contribution in [1.29, 1.82) is 0 Å². The summed E-state index contributed by atoms with van der Waals surface area (Å²) in [6, 6.07) is 8.97. The second-order valence-corrected chi connectivity index (χ2v) is 4.52. The minimum absolute atomic E-state index is 0. The first-order valence-electron chi connectivity index (χ1n) is 6.75. The summed E-state index contributed by atoms with van der Waals surface area (Å²) in [4.78, 5) is 11.7. The third-order valence-electron chi connectivity index (χ3n) is 2.99. The van der Waals surface area contributed by atoms with Gasteiger partial charge in [0.15, 0.2) is 5.56 Å². The zero-order valence-electron chi connectivity index (χ0n) is 12.9. The predicted octanol–water partition coefficient (Wildman–Crippen LogP) is 3.12. The van der Waals surface area contributed by atoms with Crippen molar-refractivity contribution in [2.75, 3.05) is 6.61 Å². The van der Waals surface area contributed by atoms with Crippen LogP contribution in [0.1, 0.15) is 6.92 Å². The number of ether oxygens (including phenoxy) is 1. The Balaban J connectivity index is 0.00000288. The molecule has 7 heteroatoms. The van der Waals surface area contributed by atoms with Gasteiger partial charge in [-0.1, -0.05) is 23.2 Å². The summed E-state index contributed by atoms with van der Waals surface area (Å²) in [5, 5.41) is 0. The minimum atomic E-state index is -2.74. The van der Waals surface area contributed by atoms with E-state index < -0.39 is 24.3 Å². The third-order valence-corrected chi connectivity index (χ3v) is 2.99. The molecule has 2 rings (SSSR count). The smallest absolute Gasteiger partial charge is 0.256 e. The molecule has 1 aromatic carbocycles. The van der Waals surface area contributed by atoms with Crippen LogP contribution in [-0.4, -0.2) is 17.6 Å². The molecule has 24 heavy (non-hydrogen) atoms. The van der Waals surface area contributed by atoms with Gasteiger partial charge in [-0.25, -0.2) is 13.2 Å². The molecule has 2 aromatic rings. The monoisotopic (exact) mass is 409 g/mol. The molecule has 0 N–H and O–H groups in total. The molecule has 1 heterocycles. The van der Waals surface area contributed by atoms with Crippen molar-refractivity contribution >= 4 is 0 Å². The maximum absolute atomic E-state index is 14.3. The molecule has 0 spiro atoms. The van der Waals surface area contributed by atoms with Gasteiger partial charge in [-0.2, -0.15) is 12.1 Å². The maximum Gasteiger partial charge on any atom is 0.256 e. The number of alkyl halides is 2. The molecule has 0 amide bonds. The number of hydrogen-bond acceptors (Lipinski definition) is 2. The third kappa shape index (κ3) is 5.22. The van der Waals surface area contributed by atoms with E-state index in [9.17, 15) is 18.0 Å². The first kappa shape index (κ1) is 20.5. The van der Waals surface area contributed by atoms with Crippen molar-refractivity contribution in [2.24, 2.45) is 0 Å². The fourth-order valence-electron chi connectivity index (χ4n) is 1.98. The Morgan fingerprint density at radius 1 is 1.33 bits per heavy atom. The molecule has 0 aliphatic heterocycles. The Morgan fingerprint density at radius 3 is 2.71 bits per heavy atom. The molecule has 0 saturated heterocycles. The summed E-state index contributed by atoms with van der Waals surface area (Å²) >= 11 is 0. The Labute approximate surface area is 162 Å². The summed E-state index contributed by atoms with van der Waals surface area (Å²) in [5.41, 5.74) is -0.676. The molecule has 1 radical (unpaired) electrons. The molecule has 1 aromatic heterocycles. The van der Waals surface area contributed by atoms with E-state index in [1.54, 1.807) is 6.92 Å². The van der Waals surface area contributed by atoms with Crippen LogP contribution in [0.15, 0.2) is 35.1 Å². The van der Waals surface area contributed by atoms with Crippen LogP contribution in [0.25, 0.3) is 11.3 Å². The van der Waals surface area contributed by atoms with Crippen LogP contribution in [-0.2, 0) is 39.3 Å². The van der Waals surface area contributed by atoms with E-state index >= 15 is 0 Å². The number of pyridine rings is 1. The largest absolute Gasteiger partial charge is 0.481 e. The van der Waals surface area contributed by atoms with Crippen LogP contribution >= 0.6 is 0 Å². The molecule has 3 nitrogen and oxygen atoms in total. The minimum Gasteiger partial charge on any atom is -0.481 e. The van der Waals surface area contributed by atoms with Gasteiger partial charge in [0.05, 0.1) is 12.4 Å². The van der Waals surface area contributed by atoms with Gasteiger partial charge in [0.1, 0.15) is 12.4 Å². The van der Waals surface area contributed by atoms with Crippen LogP contribution in [0.2, 0.25) is 0 Å². The van der Waals surface area contributed by atoms with Crippen molar-refractivity contribution in [3.63, 3.8) is 0 Å². The number of halogens is 3. The van der Waals surface area contributed by atoms with Gasteiger partial charge in [0.2, 0.25) is 0 Å². The average Bonchev–Trinajstić information content (AvgIpc) is 2.50. The number of benzene rings is 1. The number of aromatic nitrogens is 1. The van der Waals surface area contributed by atoms with Gasteiger partial charge in [0.25, 0.3) is 6.43 Å². The van der Waals surface area contributed by atoms with Crippen molar-refractivity contribution in [1.82, 2.24) is 4.57 Å². The standard InChI is InChI=1S/C17H13F3NO2.Y/c1-2-3-9-23-12-7-8-13(14(18)10-12)15-5-4-6-17(22)21(15)11-16(19)20;/h4,6-8,10,16H,9,11H2,1H3;/q-1;. The molecule has 0 atom stereocenters. The van der Waals surface area contributed by atoms with Gasteiger partial charge in [-0.05, 0) is 13.0 Å². The van der Waals surface area contributed by atoms with Crippen LogP contribution in [0, 0.1) is 23.7 Å². The molecule has 0 aliphatic carbocycles. The van der Waals surface area contributed by atoms with Crippen molar-refractivity contribution in [2.45, 2.75) is 19.9 Å². The SMILES string of the molecule is CC#CCOc1ccc(-c2[c-]ccc(=O)n2CC(F)F)c(F)c1.[Y]. The number of rotatable bonds is 5. The van der Waals surface area contributed by atoms with Crippen LogP contribution in [0.3, 0.4) is 0 Å². The Hall–Kier alpha value is -1.58. The van der Waals surface area contributed by atoms with Gasteiger partial charge in [-0.3, -0.25) is 4.79 Å². The molecular weight excluding hydrogens is 396 g/mol. The van der Waals surface area contributed by atoms with E-state index in [0.717, 1.165) is 16.7 Å². The summed E-state index contributed by atoms with van der Waals surface area (Å²) in [7, 11) is 0. The first-order chi connectivity index (χ1) is 11.0. The van der Waals surface area contributed by atoms with Gasteiger partial charge in [-0.15, -0.1) is 12.0 Å². The zero-order chi connectivity index (χ0) is 16.8. The second kappa shape index (κ2) is 9.65. The number of hydrogen-bond donors (Lipinski definition) is 0. The second-order valence-electron chi connectivity index (χ2n) is 4.52. The summed E-state index contributed by atoms with van der Waals surface area (Å²) in [6.07, 6.45) is -2.74. The predicted molar refractivity (Wildman–Crippen MR) is 79.9 cm³/mol. The van der Waals surface area contributed by atoms with E-state index in [2.05, 4.69) is 17.9 Å². The molecular formula is C17H13F3NO2Y-. The van der Waals surface area contributed by atoms with E-state index in [-0.39, 0.29) is 56.3 Å². The zero-order valence-corrected chi connectivity index (χ0v) is 15.7.